The van der Waals surface area contributed by atoms with Gasteiger partial charge in [-0.2, -0.15) is 11.3 Å². The Hall–Kier alpha value is -1.13. The molecule has 13 heavy (non-hydrogen) atoms. The minimum absolute atomic E-state index is 0.255. The van der Waals surface area contributed by atoms with Crippen molar-refractivity contribution in [2.75, 3.05) is 0 Å². The quantitative estimate of drug-likeness (QED) is 0.726. The second-order valence-electron chi connectivity index (χ2n) is 2.68. The fraction of sp³-hybridized carbons (Fsp3) is 0.222. The van der Waals surface area contributed by atoms with Gasteiger partial charge in [0.15, 0.2) is 0 Å². The minimum atomic E-state index is -0.921. The largest absolute Gasteiger partial charge is 0.478 e. The number of carboxylic acid groups (broad SMARTS) is 1. The first-order valence-corrected chi connectivity index (χ1v) is 4.77. The van der Waals surface area contributed by atoms with Gasteiger partial charge in [-0.1, -0.05) is 6.08 Å². The molecule has 0 bridgehead atoms. The molecule has 1 atom stereocenters. The van der Waals surface area contributed by atoms with E-state index in [1.807, 2.05) is 0 Å². The van der Waals surface area contributed by atoms with Gasteiger partial charge in [0.1, 0.15) is 0 Å². The number of carbonyl (C=O) groups is 1. The van der Waals surface area contributed by atoms with E-state index in [-0.39, 0.29) is 6.04 Å². The molecule has 0 aromatic carbocycles. The van der Waals surface area contributed by atoms with E-state index in [4.69, 9.17) is 10.8 Å². The second-order valence-corrected chi connectivity index (χ2v) is 3.42. The van der Waals surface area contributed by atoms with E-state index in [2.05, 4.69) is 6.58 Å². The van der Waals surface area contributed by atoms with Crippen molar-refractivity contribution in [3.63, 3.8) is 0 Å². The zero-order chi connectivity index (χ0) is 9.84. The molecule has 1 heterocycles. The maximum absolute atomic E-state index is 10.7. The molecule has 0 aliphatic carbocycles. The molecule has 3 nitrogen and oxygen atoms in total. The molecule has 1 aromatic rings. The third-order valence-corrected chi connectivity index (χ3v) is 2.50. The summed E-state index contributed by atoms with van der Waals surface area (Å²) in [5.74, 6) is -0.921. The molecule has 0 spiro atoms. The molecular formula is C9H11NO2S. The van der Waals surface area contributed by atoms with Crippen molar-refractivity contribution >= 4 is 17.3 Å². The summed E-state index contributed by atoms with van der Waals surface area (Å²) in [7, 11) is 0. The molecule has 1 rings (SSSR count). The SMILES string of the molecule is C=CCC(N)c1cscc1C(=O)O. The number of hydrogen-bond acceptors (Lipinski definition) is 3. The maximum atomic E-state index is 10.7. The molecule has 1 aromatic heterocycles. The van der Waals surface area contributed by atoms with E-state index < -0.39 is 5.97 Å². The number of rotatable bonds is 4. The van der Waals surface area contributed by atoms with Gasteiger partial charge in [0.25, 0.3) is 0 Å². The average molecular weight is 197 g/mol. The van der Waals surface area contributed by atoms with Gasteiger partial charge in [-0.05, 0) is 17.4 Å². The Bertz CT molecular complexity index is 319. The molecule has 0 amide bonds. The predicted octanol–water partition coefficient (Wildman–Crippen LogP) is 2.02. The van der Waals surface area contributed by atoms with Crippen LogP contribution < -0.4 is 5.73 Å². The number of aromatic carboxylic acids is 1. The Morgan fingerprint density at radius 3 is 3.00 bits per heavy atom. The number of thiophene rings is 1. The summed E-state index contributed by atoms with van der Waals surface area (Å²) in [6.45, 7) is 3.56. The van der Waals surface area contributed by atoms with Crippen molar-refractivity contribution in [2.24, 2.45) is 5.73 Å². The zero-order valence-electron chi connectivity index (χ0n) is 7.06. The fourth-order valence-electron chi connectivity index (χ4n) is 1.07. The van der Waals surface area contributed by atoms with Crippen LogP contribution in [0, 0.1) is 0 Å². The van der Waals surface area contributed by atoms with Gasteiger partial charge in [-0.3, -0.25) is 0 Å². The van der Waals surface area contributed by atoms with Gasteiger partial charge in [-0.25, -0.2) is 4.79 Å². The minimum Gasteiger partial charge on any atom is -0.478 e. The molecule has 4 heteroatoms. The standard InChI is InChI=1S/C9H11NO2S/c1-2-3-8(10)6-4-13-5-7(6)9(11)12/h2,4-5,8H,1,3,10H2,(H,11,12). The molecule has 0 fully saturated rings. The maximum Gasteiger partial charge on any atom is 0.336 e. The number of hydrogen-bond donors (Lipinski definition) is 2. The first-order valence-electron chi connectivity index (χ1n) is 3.82. The van der Waals surface area contributed by atoms with E-state index in [1.165, 1.54) is 11.3 Å². The first-order chi connectivity index (χ1) is 6.16. The fourth-order valence-corrected chi connectivity index (χ4v) is 1.96. The third kappa shape index (κ3) is 2.17. The highest BCUT2D eigenvalue weighted by atomic mass is 32.1. The van der Waals surface area contributed by atoms with Crippen LogP contribution >= 0.6 is 11.3 Å². The summed E-state index contributed by atoms with van der Waals surface area (Å²) in [6.07, 6.45) is 2.28. The van der Waals surface area contributed by atoms with Crippen LogP contribution in [0.2, 0.25) is 0 Å². The topological polar surface area (TPSA) is 63.3 Å². The lowest BCUT2D eigenvalue weighted by atomic mass is 10.0. The van der Waals surface area contributed by atoms with E-state index in [9.17, 15) is 4.79 Å². The highest BCUT2D eigenvalue weighted by Crippen LogP contribution is 2.23. The highest BCUT2D eigenvalue weighted by molar-refractivity contribution is 7.08. The van der Waals surface area contributed by atoms with Gasteiger partial charge in [0, 0.05) is 11.4 Å². The summed E-state index contributed by atoms with van der Waals surface area (Å²) >= 11 is 1.35. The Kier molecular flexibility index (Phi) is 3.22. The summed E-state index contributed by atoms with van der Waals surface area (Å²) in [5, 5.41) is 12.2. The van der Waals surface area contributed by atoms with Crippen LogP contribution in [0.5, 0.6) is 0 Å². The third-order valence-electron chi connectivity index (χ3n) is 1.74. The van der Waals surface area contributed by atoms with Crippen molar-refractivity contribution in [3.8, 4) is 0 Å². The van der Waals surface area contributed by atoms with Crippen LogP contribution in [-0.2, 0) is 0 Å². The number of carboxylic acids is 1. The van der Waals surface area contributed by atoms with Crippen LogP contribution in [0.25, 0.3) is 0 Å². The van der Waals surface area contributed by atoms with Gasteiger partial charge in [-0.15, -0.1) is 6.58 Å². The van der Waals surface area contributed by atoms with Crippen molar-refractivity contribution in [1.82, 2.24) is 0 Å². The van der Waals surface area contributed by atoms with Gasteiger partial charge in [0.05, 0.1) is 5.56 Å². The van der Waals surface area contributed by atoms with Crippen LogP contribution in [0.15, 0.2) is 23.4 Å². The molecule has 0 aliphatic heterocycles. The molecule has 70 valence electrons. The van der Waals surface area contributed by atoms with Crippen molar-refractivity contribution < 1.29 is 9.90 Å². The van der Waals surface area contributed by atoms with Crippen molar-refractivity contribution in [1.29, 1.82) is 0 Å². The van der Waals surface area contributed by atoms with Crippen molar-refractivity contribution in [2.45, 2.75) is 12.5 Å². The van der Waals surface area contributed by atoms with Crippen LogP contribution in [-0.4, -0.2) is 11.1 Å². The summed E-state index contributed by atoms with van der Waals surface area (Å²) in [5.41, 5.74) is 6.76. The lowest BCUT2D eigenvalue weighted by Crippen LogP contribution is -2.12. The summed E-state index contributed by atoms with van der Waals surface area (Å²) in [4.78, 5) is 10.7. The molecule has 0 saturated carbocycles. The van der Waals surface area contributed by atoms with Crippen molar-refractivity contribution in [3.05, 3.63) is 34.5 Å². The molecule has 0 aliphatic rings. The van der Waals surface area contributed by atoms with Crippen LogP contribution in [0.3, 0.4) is 0 Å². The summed E-state index contributed by atoms with van der Waals surface area (Å²) < 4.78 is 0. The smallest absolute Gasteiger partial charge is 0.336 e. The zero-order valence-corrected chi connectivity index (χ0v) is 7.88. The molecule has 0 saturated heterocycles. The van der Waals surface area contributed by atoms with Crippen LogP contribution in [0.4, 0.5) is 0 Å². The van der Waals surface area contributed by atoms with E-state index in [0.717, 1.165) is 0 Å². The Balaban J connectivity index is 2.92. The Labute approximate surface area is 80.5 Å². The summed E-state index contributed by atoms with van der Waals surface area (Å²) in [6, 6.07) is -0.255. The molecule has 1 unspecified atom stereocenters. The first kappa shape index (κ1) is 9.95. The molecule has 0 radical (unpaired) electrons. The van der Waals surface area contributed by atoms with E-state index >= 15 is 0 Å². The molecular weight excluding hydrogens is 186 g/mol. The van der Waals surface area contributed by atoms with E-state index in [0.29, 0.717) is 17.5 Å². The lowest BCUT2D eigenvalue weighted by Gasteiger charge is -2.07. The van der Waals surface area contributed by atoms with Gasteiger partial charge < -0.3 is 10.8 Å². The predicted molar refractivity (Wildman–Crippen MR) is 53.0 cm³/mol. The average Bonchev–Trinajstić information content (AvgIpc) is 2.52. The Morgan fingerprint density at radius 1 is 1.77 bits per heavy atom. The monoisotopic (exact) mass is 197 g/mol. The van der Waals surface area contributed by atoms with Gasteiger partial charge in [0.2, 0.25) is 0 Å². The van der Waals surface area contributed by atoms with E-state index in [1.54, 1.807) is 16.8 Å². The lowest BCUT2D eigenvalue weighted by molar-refractivity contribution is 0.0696. The van der Waals surface area contributed by atoms with Gasteiger partial charge >= 0.3 is 5.97 Å². The second kappa shape index (κ2) is 4.20. The number of nitrogens with two attached hydrogens (primary N) is 1. The normalized spacial score (nSPS) is 12.4. The Morgan fingerprint density at radius 2 is 2.46 bits per heavy atom. The van der Waals surface area contributed by atoms with Crippen LogP contribution in [0.1, 0.15) is 28.4 Å². The molecule has 3 N–H and O–H groups in total. The highest BCUT2D eigenvalue weighted by Gasteiger charge is 2.15.